The molecule has 6 heteroatoms. The molecule has 0 aliphatic carbocycles. The molecule has 0 bridgehead atoms. The van der Waals surface area contributed by atoms with E-state index in [-0.39, 0.29) is 17.0 Å². The Labute approximate surface area is 162 Å². The molecule has 0 fully saturated rings. The van der Waals surface area contributed by atoms with E-state index >= 15 is 0 Å². The SMILES string of the molecule is C=C1C(I)=CC(c2ccccc2)=C(c2c(F)cccc2F)N1CC(F)F. The highest BCUT2D eigenvalue weighted by Crippen LogP contribution is 2.42. The average molecular weight is 471 g/mol. The normalized spacial score (nSPS) is 14.9. The average Bonchev–Trinajstić information content (AvgIpc) is 2.60. The van der Waals surface area contributed by atoms with Crippen LogP contribution in [0.2, 0.25) is 0 Å². The summed E-state index contributed by atoms with van der Waals surface area (Å²) >= 11 is 1.99. The van der Waals surface area contributed by atoms with Gasteiger partial charge in [-0.05, 0) is 46.4 Å². The number of allylic oxidation sites excluding steroid dienone is 3. The first-order valence-electron chi connectivity index (χ1n) is 7.76. The number of halogens is 5. The molecule has 3 rings (SSSR count). The maximum Gasteiger partial charge on any atom is 0.256 e. The molecule has 0 unspecified atom stereocenters. The van der Waals surface area contributed by atoms with Crippen LogP contribution in [-0.4, -0.2) is 17.9 Å². The molecule has 0 atom stereocenters. The van der Waals surface area contributed by atoms with Gasteiger partial charge in [-0.15, -0.1) is 0 Å². The lowest BCUT2D eigenvalue weighted by Gasteiger charge is -2.34. The van der Waals surface area contributed by atoms with Crippen LogP contribution in [0.15, 0.2) is 70.5 Å². The Hall–Kier alpha value is -2.09. The van der Waals surface area contributed by atoms with Crippen molar-refractivity contribution in [3.05, 3.63) is 93.2 Å². The zero-order chi connectivity index (χ0) is 18.8. The van der Waals surface area contributed by atoms with Crippen LogP contribution in [0.3, 0.4) is 0 Å². The highest BCUT2D eigenvalue weighted by atomic mass is 127. The Kier molecular flexibility index (Phi) is 5.50. The van der Waals surface area contributed by atoms with E-state index in [1.54, 1.807) is 36.4 Å². The van der Waals surface area contributed by atoms with Gasteiger partial charge in [0, 0.05) is 14.8 Å². The standard InChI is InChI=1S/C20H14F4IN/c1-12-17(25)10-14(13-6-3-2-4-7-13)20(26(12)11-18(23)24)19-15(21)8-5-9-16(19)22/h2-10,18H,1,11H2. The minimum atomic E-state index is -2.70. The van der Waals surface area contributed by atoms with Gasteiger partial charge in [0.05, 0.1) is 17.8 Å². The minimum Gasteiger partial charge on any atom is -0.334 e. The molecule has 0 saturated heterocycles. The highest BCUT2D eigenvalue weighted by molar-refractivity contribution is 14.1. The van der Waals surface area contributed by atoms with E-state index in [0.717, 1.165) is 12.1 Å². The summed E-state index contributed by atoms with van der Waals surface area (Å²) in [6.45, 7) is 3.12. The number of hydrogen-bond acceptors (Lipinski definition) is 1. The molecular weight excluding hydrogens is 457 g/mol. The Balaban J connectivity index is 2.35. The van der Waals surface area contributed by atoms with Gasteiger partial charge in [0.1, 0.15) is 11.6 Å². The summed E-state index contributed by atoms with van der Waals surface area (Å²) < 4.78 is 56.1. The van der Waals surface area contributed by atoms with E-state index < -0.39 is 24.6 Å². The van der Waals surface area contributed by atoms with E-state index in [2.05, 4.69) is 6.58 Å². The quantitative estimate of drug-likeness (QED) is 0.377. The Bertz CT molecular complexity index is 883. The Morgan fingerprint density at radius 1 is 0.962 bits per heavy atom. The van der Waals surface area contributed by atoms with Crippen molar-refractivity contribution < 1.29 is 17.6 Å². The summed E-state index contributed by atoms with van der Waals surface area (Å²) in [5.41, 5.74) is 1.13. The Morgan fingerprint density at radius 2 is 1.58 bits per heavy atom. The Morgan fingerprint density at radius 3 is 2.15 bits per heavy atom. The van der Waals surface area contributed by atoms with Crippen LogP contribution in [0, 0.1) is 11.6 Å². The van der Waals surface area contributed by atoms with Crippen LogP contribution in [0.1, 0.15) is 11.1 Å². The van der Waals surface area contributed by atoms with Gasteiger partial charge in [0.15, 0.2) is 0 Å². The molecule has 0 saturated carbocycles. The van der Waals surface area contributed by atoms with Crippen LogP contribution in [0.5, 0.6) is 0 Å². The number of benzene rings is 2. The van der Waals surface area contributed by atoms with Gasteiger partial charge >= 0.3 is 0 Å². The van der Waals surface area contributed by atoms with Crippen molar-refractivity contribution in [2.24, 2.45) is 0 Å². The van der Waals surface area contributed by atoms with E-state index in [1.165, 1.54) is 11.0 Å². The molecule has 1 nitrogen and oxygen atoms in total. The van der Waals surface area contributed by atoms with E-state index in [0.29, 0.717) is 14.7 Å². The van der Waals surface area contributed by atoms with Crippen LogP contribution >= 0.6 is 22.6 Å². The monoisotopic (exact) mass is 471 g/mol. The third-order valence-corrected chi connectivity index (χ3v) is 4.94. The molecule has 1 heterocycles. The molecule has 0 amide bonds. The van der Waals surface area contributed by atoms with Gasteiger partial charge in [-0.3, -0.25) is 0 Å². The van der Waals surface area contributed by atoms with Crippen LogP contribution < -0.4 is 0 Å². The predicted molar refractivity (Wildman–Crippen MR) is 104 cm³/mol. The number of rotatable bonds is 4. The molecule has 0 radical (unpaired) electrons. The number of alkyl halides is 2. The second-order valence-corrected chi connectivity index (χ2v) is 6.83. The van der Waals surface area contributed by atoms with Gasteiger partial charge in [-0.1, -0.05) is 43.0 Å². The lowest BCUT2D eigenvalue weighted by Crippen LogP contribution is -2.30. The zero-order valence-corrected chi connectivity index (χ0v) is 15.7. The fourth-order valence-electron chi connectivity index (χ4n) is 2.86. The minimum absolute atomic E-state index is 0.0533. The lowest BCUT2D eigenvalue weighted by atomic mass is 9.94. The molecular formula is C20H14F4IN. The van der Waals surface area contributed by atoms with Crippen molar-refractivity contribution in [1.29, 1.82) is 0 Å². The molecule has 2 aromatic carbocycles. The lowest BCUT2D eigenvalue weighted by molar-refractivity contribution is 0.123. The molecule has 0 N–H and O–H groups in total. The fourth-order valence-corrected chi connectivity index (χ4v) is 3.46. The molecule has 0 spiro atoms. The topological polar surface area (TPSA) is 3.24 Å². The molecule has 26 heavy (non-hydrogen) atoms. The third kappa shape index (κ3) is 3.56. The van der Waals surface area contributed by atoms with Crippen molar-refractivity contribution in [1.82, 2.24) is 4.90 Å². The summed E-state index contributed by atoms with van der Waals surface area (Å²) in [5.74, 6) is -1.63. The molecule has 1 aliphatic heterocycles. The van der Waals surface area contributed by atoms with Crippen molar-refractivity contribution in [2.45, 2.75) is 6.43 Å². The van der Waals surface area contributed by atoms with Crippen molar-refractivity contribution >= 4 is 33.9 Å². The van der Waals surface area contributed by atoms with Gasteiger partial charge in [-0.2, -0.15) is 0 Å². The first-order valence-corrected chi connectivity index (χ1v) is 8.84. The van der Waals surface area contributed by atoms with Crippen LogP contribution in [0.25, 0.3) is 11.3 Å². The largest absolute Gasteiger partial charge is 0.334 e. The number of hydrogen-bond donors (Lipinski definition) is 0. The highest BCUT2D eigenvalue weighted by Gasteiger charge is 2.30. The first kappa shape index (κ1) is 18.7. The molecule has 0 aromatic heterocycles. The van der Waals surface area contributed by atoms with Crippen molar-refractivity contribution in [3.63, 3.8) is 0 Å². The van der Waals surface area contributed by atoms with Gasteiger partial charge in [-0.25, -0.2) is 17.6 Å². The zero-order valence-electron chi connectivity index (χ0n) is 13.5. The maximum atomic E-state index is 14.5. The predicted octanol–water partition coefficient (Wildman–Crippen LogP) is 6.25. The summed E-state index contributed by atoms with van der Waals surface area (Å²) in [6, 6.07) is 12.4. The van der Waals surface area contributed by atoms with E-state index in [4.69, 9.17) is 0 Å². The van der Waals surface area contributed by atoms with Crippen molar-refractivity contribution in [2.75, 3.05) is 6.54 Å². The summed E-state index contributed by atoms with van der Waals surface area (Å²) in [4.78, 5) is 1.19. The second kappa shape index (κ2) is 7.65. The molecule has 2 aromatic rings. The van der Waals surface area contributed by atoms with Crippen molar-refractivity contribution in [3.8, 4) is 0 Å². The molecule has 134 valence electrons. The number of nitrogens with zero attached hydrogens (tertiary/aromatic N) is 1. The van der Waals surface area contributed by atoms with Crippen LogP contribution in [0.4, 0.5) is 17.6 Å². The summed E-state index contributed by atoms with van der Waals surface area (Å²) in [7, 11) is 0. The van der Waals surface area contributed by atoms with Gasteiger partial charge in [0.25, 0.3) is 6.43 Å². The van der Waals surface area contributed by atoms with Gasteiger partial charge < -0.3 is 4.90 Å². The summed E-state index contributed by atoms with van der Waals surface area (Å²) in [6.07, 6.45) is -0.989. The van der Waals surface area contributed by atoms with E-state index in [1.807, 2.05) is 22.6 Å². The first-order chi connectivity index (χ1) is 12.4. The maximum absolute atomic E-state index is 14.5. The van der Waals surface area contributed by atoms with E-state index in [9.17, 15) is 17.6 Å². The fraction of sp³-hybridized carbons (Fsp3) is 0.100. The second-order valence-electron chi connectivity index (χ2n) is 5.67. The smallest absolute Gasteiger partial charge is 0.256 e. The van der Waals surface area contributed by atoms with Crippen LogP contribution in [-0.2, 0) is 0 Å². The summed E-state index contributed by atoms with van der Waals surface area (Å²) in [5, 5.41) is 0. The molecule has 1 aliphatic rings. The van der Waals surface area contributed by atoms with Gasteiger partial charge in [0.2, 0.25) is 0 Å². The third-order valence-electron chi connectivity index (χ3n) is 4.00.